The van der Waals surface area contributed by atoms with Gasteiger partial charge >= 0.3 is 15.8 Å². The van der Waals surface area contributed by atoms with E-state index in [1.807, 2.05) is 0 Å². The number of hydrogen-bond acceptors (Lipinski definition) is 6. The first-order valence-electron chi connectivity index (χ1n) is 4.90. The normalized spacial score (nSPS) is 11.3. The Balaban J connectivity index is -0.000000244. The fraction of sp³-hybridized carbons (Fsp3) is 1.00. The zero-order valence-electron chi connectivity index (χ0n) is 10.3. The van der Waals surface area contributed by atoms with E-state index >= 15 is 0 Å². The van der Waals surface area contributed by atoms with Crippen molar-refractivity contribution in [3.05, 3.63) is 0 Å². The second-order valence-electron chi connectivity index (χ2n) is 2.96. The third-order valence-corrected chi connectivity index (χ3v) is 1.25. The highest BCUT2D eigenvalue weighted by Gasteiger charge is 2.05. The Kier molecular flexibility index (Phi) is 17.4. The van der Waals surface area contributed by atoms with Gasteiger partial charge in [-0.15, -0.1) is 8.39 Å². The molecule has 14 heteroatoms. The lowest BCUT2D eigenvalue weighted by Crippen LogP contribution is -2.32. The van der Waals surface area contributed by atoms with Gasteiger partial charge in [0.25, 0.3) is 0 Å². The Morgan fingerprint density at radius 1 is 0.700 bits per heavy atom. The van der Waals surface area contributed by atoms with Gasteiger partial charge in [0, 0.05) is 19.6 Å². The van der Waals surface area contributed by atoms with Gasteiger partial charge in [0.05, 0.1) is 19.8 Å². The van der Waals surface area contributed by atoms with Crippen LogP contribution in [0.25, 0.3) is 0 Å². The maximum atomic E-state index is 10.4. The summed E-state index contributed by atoms with van der Waals surface area (Å²) in [7, 11) is -10.3. The van der Waals surface area contributed by atoms with Gasteiger partial charge in [0.15, 0.2) is 0 Å². The zero-order valence-corrected chi connectivity index (χ0v) is 12.1. The molecule has 0 atom stereocenters. The molecule has 10 nitrogen and oxygen atoms in total. The minimum atomic E-state index is -5.14. The van der Waals surface area contributed by atoms with Crippen molar-refractivity contribution in [2.45, 2.75) is 0 Å². The van der Waals surface area contributed by atoms with E-state index in [1.165, 1.54) is 0 Å². The molecule has 0 aliphatic rings. The van der Waals surface area contributed by atoms with Crippen LogP contribution in [0.15, 0.2) is 0 Å². The predicted octanol–water partition coefficient (Wildman–Crippen LogP) is -1.64. The van der Waals surface area contributed by atoms with Crippen LogP contribution in [0.3, 0.4) is 0 Å². The van der Waals surface area contributed by atoms with Gasteiger partial charge in [0.2, 0.25) is 0 Å². The first-order valence-corrected chi connectivity index (χ1v) is 7.91. The molecule has 0 aliphatic carbocycles. The third kappa shape index (κ3) is 64.2. The van der Waals surface area contributed by atoms with Gasteiger partial charge in [-0.05, 0) is 0 Å². The standard InChI is InChI=1S/C6H15NO3.2FH2O3P/c8-4-1-7(2-5-9)3-6-10;2*1-5(2,3)4/h8-10H,1-6H2;2*(H2,2,3,4). The average molecular weight is 349 g/mol. The molecule has 20 heavy (non-hydrogen) atoms. The summed E-state index contributed by atoms with van der Waals surface area (Å²) in [6, 6.07) is 0. The van der Waals surface area contributed by atoms with Crippen molar-refractivity contribution in [2.24, 2.45) is 0 Å². The van der Waals surface area contributed by atoms with Crippen LogP contribution in [0, 0.1) is 0 Å². The first kappa shape index (κ1) is 25.0. The summed E-state index contributed by atoms with van der Waals surface area (Å²) in [4.78, 5) is 29.7. The number of rotatable bonds is 6. The number of hydrogen-bond donors (Lipinski definition) is 7. The highest BCUT2D eigenvalue weighted by atomic mass is 31.2. The number of aliphatic hydroxyl groups is 3. The van der Waals surface area contributed by atoms with Crippen molar-refractivity contribution in [2.75, 3.05) is 39.5 Å². The molecule has 0 saturated carbocycles. The van der Waals surface area contributed by atoms with Crippen molar-refractivity contribution < 1.29 is 52.4 Å². The van der Waals surface area contributed by atoms with Crippen LogP contribution in [0.1, 0.15) is 0 Å². The average Bonchev–Trinajstić information content (AvgIpc) is 2.13. The molecule has 0 aromatic rings. The first-order chi connectivity index (χ1) is 8.85. The van der Waals surface area contributed by atoms with E-state index in [1.54, 1.807) is 4.90 Å². The fourth-order valence-corrected chi connectivity index (χ4v) is 0.760. The van der Waals surface area contributed by atoms with Crippen molar-refractivity contribution >= 4 is 15.8 Å². The Labute approximate surface area is 113 Å². The van der Waals surface area contributed by atoms with Gasteiger partial charge in [-0.2, -0.15) is 0 Å². The number of halogens is 2. The Bertz CT molecular complexity index is 245. The summed E-state index contributed by atoms with van der Waals surface area (Å²) < 4.78 is 38.0. The lowest BCUT2D eigenvalue weighted by atomic mass is 10.4. The molecule has 0 rings (SSSR count). The molecule has 0 spiro atoms. The molecule has 0 fully saturated rings. The van der Waals surface area contributed by atoms with Crippen LogP contribution in [0.5, 0.6) is 0 Å². The maximum absolute atomic E-state index is 10.4. The van der Waals surface area contributed by atoms with Gasteiger partial charge < -0.3 is 15.3 Å². The molecule has 7 N–H and O–H groups in total. The Morgan fingerprint density at radius 2 is 0.850 bits per heavy atom. The number of aliphatic hydroxyl groups excluding tert-OH is 3. The second-order valence-corrected chi connectivity index (χ2v) is 4.85. The SMILES string of the molecule is O=P(O)(O)F.O=P(O)(O)F.OCCN(CCO)CCO. The number of nitrogens with zero attached hydrogens (tertiary/aromatic N) is 1. The summed E-state index contributed by atoms with van der Waals surface area (Å²) in [5.41, 5.74) is 0. The fourth-order valence-electron chi connectivity index (χ4n) is 0.760. The predicted molar refractivity (Wildman–Crippen MR) is 64.0 cm³/mol. The summed E-state index contributed by atoms with van der Waals surface area (Å²) in [6.07, 6.45) is 0. The van der Waals surface area contributed by atoms with E-state index < -0.39 is 15.8 Å². The van der Waals surface area contributed by atoms with E-state index in [0.29, 0.717) is 19.6 Å². The van der Waals surface area contributed by atoms with Gasteiger partial charge in [0.1, 0.15) is 0 Å². The minimum absolute atomic E-state index is 0.0694. The summed E-state index contributed by atoms with van der Waals surface area (Å²) in [5.74, 6) is 0. The van der Waals surface area contributed by atoms with E-state index in [-0.39, 0.29) is 19.8 Å². The Hall–Kier alpha value is -0.0000000000000000694. The highest BCUT2D eigenvalue weighted by Crippen LogP contribution is 2.35. The van der Waals surface area contributed by atoms with Gasteiger partial charge in [-0.1, -0.05) is 0 Å². The van der Waals surface area contributed by atoms with E-state index in [9.17, 15) is 8.39 Å². The van der Waals surface area contributed by atoms with Gasteiger partial charge in [-0.25, -0.2) is 9.13 Å². The molecular formula is C6H19F2NO9P2. The topological polar surface area (TPSA) is 179 Å². The van der Waals surface area contributed by atoms with Crippen LogP contribution in [0.4, 0.5) is 8.39 Å². The molecule has 0 saturated heterocycles. The van der Waals surface area contributed by atoms with E-state index in [2.05, 4.69) is 0 Å². The lowest BCUT2D eigenvalue weighted by molar-refractivity contribution is 0.136. The molecule has 0 heterocycles. The zero-order chi connectivity index (χ0) is 16.8. The Morgan fingerprint density at radius 3 is 0.950 bits per heavy atom. The van der Waals surface area contributed by atoms with Crippen LogP contribution >= 0.6 is 15.8 Å². The van der Waals surface area contributed by atoms with E-state index in [4.69, 9.17) is 44.0 Å². The molecule has 0 radical (unpaired) electrons. The summed E-state index contributed by atoms with van der Waals surface area (Å²) >= 11 is 0. The molecule has 0 unspecified atom stereocenters. The van der Waals surface area contributed by atoms with Crippen molar-refractivity contribution in [3.8, 4) is 0 Å². The monoisotopic (exact) mass is 349 g/mol. The largest absolute Gasteiger partial charge is 0.507 e. The third-order valence-electron chi connectivity index (χ3n) is 1.25. The molecule has 126 valence electrons. The quantitative estimate of drug-likeness (QED) is 0.275. The van der Waals surface area contributed by atoms with Crippen LogP contribution in [0.2, 0.25) is 0 Å². The molecule has 0 aliphatic heterocycles. The smallest absolute Gasteiger partial charge is 0.395 e. The van der Waals surface area contributed by atoms with Crippen LogP contribution < -0.4 is 0 Å². The minimum Gasteiger partial charge on any atom is -0.395 e. The maximum Gasteiger partial charge on any atom is 0.507 e. The summed E-state index contributed by atoms with van der Waals surface area (Å²) in [5, 5.41) is 25.5. The van der Waals surface area contributed by atoms with Gasteiger partial charge in [-0.3, -0.25) is 24.5 Å². The van der Waals surface area contributed by atoms with E-state index in [0.717, 1.165) is 0 Å². The molecule has 0 aromatic heterocycles. The molecule has 0 bridgehead atoms. The second kappa shape index (κ2) is 14.0. The van der Waals surface area contributed by atoms with Crippen molar-refractivity contribution in [3.63, 3.8) is 0 Å². The van der Waals surface area contributed by atoms with Crippen molar-refractivity contribution in [1.82, 2.24) is 4.90 Å². The lowest BCUT2D eigenvalue weighted by Gasteiger charge is -2.17. The molecule has 0 amide bonds. The highest BCUT2D eigenvalue weighted by molar-refractivity contribution is 7.46. The van der Waals surface area contributed by atoms with Crippen molar-refractivity contribution in [1.29, 1.82) is 0 Å². The van der Waals surface area contributed by atoms with Crippen LogP contribution in [-0.4, -0.2) is 79.2 Å². The molecular weight excluding hydrogens is 330 g/mol. The molecule has 0 aromatic carbocycles. The summed E-state index contributed by atoms with van der Waals surface area (Å²) in [6.45, 7) is 1.75. The van der Waals surface area contributed by atoms with Crippen LogP contribution in [-0.2, 0) is 9.13 Å².